The lowest BCUT2D eigenvalue weighted by Gasteiger charge is -2.36. The number of carbonyl (C=O) groups excluding carboxylic acids is 1. The SMILES string of the molecule is O=C(NCC(c1ccccc1Cl)N1CCOCC1)C1CCN(S(=O)(=O)c2cccnc2)CC1. The Balaban J connectivity index is 1.36. The molecule has 1 amide bonds. The molecule has 0 saturated carbocycles. The van der Waals surface area contributed by atoms with Crippen molar-refractivity contribution in [3.8, 4) is 0 Å². The number of morpholine rings is 1. The molecule has 2 aliphatic rings. The van der Waals surface area contributed by atoms with E-state index in [0.717, 1.165) is 18.7 Å². The van der Waals surface area contributed by atoms with E-state index in [-0.39, 0.29) is 22.8 Å². The van der Waals surface area contributed by atoms with Crippen LogP contribution >= 0.6 is 11.6 Å². The number of ether oxygens (including phenoxy) is 1. The maximum Gasteiger partial charge on any atom is 0.244 e. The summed E-state index contributed by atoms with van der Waals surface area (Å²) in [7, 11) is -3.59. The van der Waals surface area contributed by atoms with E-state index in [2.05, 4.69) is 15.2 Å². The van der Waals surface area contributed by atoms with Crippen molar-refractivity contribution in [3.05, 3.63) is 59.4 Å². The first-order chi connectivity index (χ1) is 16.0. The second-order valence-corrected chi connectivity index (χ2v) is 10.6. The maximum absolute atomic E-state index is 13.0. The van der Waals surface area contributed by atoms with Crippen LogP contribution in [0.15, 0.2) is 53.7 Å². The Morgan fingerprint density at radius 1 is 1.12 bits per heavy atom. The highest BCUT2D eigenvalue weighted by Gasteiger charge is 2.33. The zero-order valence-corrected chi connectivity index (χ0v) is 20.0. The van der Waals surface area contributed by atoms with E-state index in [9.17, 15) is 13.2 Å². The topological polar surface area (TPSA) is 91.8 Å². The number of pyridine rings is 1. The van der Waals surface area contributed by atoms with Gasteiger partial charge in [-0.2, -0.15) is 4.31 Å². The molecule has 0 aliphatic carbocycles. The first-order valence-electron chi connectivity index (χ1n) is 11.2. The molecule has 8 nitrogen and oxygen atoms in total. The fourth-order valence-corrected chi connectivity index (χ4v) is 6.11. The van der Waals surface area contributed by atoms with Crippen LogP contribution in [0.3, 0.4) is 0 Å². The van der Waals surface area contributed by atoms with Gasteiger partial charge >= 0.3 is 0 Å². The molecule has 0 bridgehead atoms. The predicted octanol–water partition coefficient (Wildman–Crippen LogP) is 2.33. The zero-order valence-electron chi connectivity index (χ0n) is 18.4. The Hall–Kier alpha value is -2.04. The lowest BCUT2D eigenvalue weighted by atomic mass is 9.96. The number of hydrogen-bond donors (Lipinski definition) is 1. The van der Waals surface area contributed by atoms with Crippen LogP contribution in [-0.4, -0.2) is 74.5 Å². The number of carbonyl (C=O) groups is 1. The largest absolute Gasteiger partial charge is 0.379 e. The molecule has 1 unspecified atom stereocenters. The molecule has 1 atom stereocenters. The molecule has 0 spiro atoms. The minimum absolute atomic E-state index is 0.0428. The second kappa shape index (κ2) is 10.9. The van der Waals surface area contributed by atoms with Crippen molar-refractivity contribution in [2.45, 2.75) is 23.8 Å². The zero-order chi connectivity index (χ0) is 23.3. The molecule has 178 valence electrons. The predicted molar refractivity (Wildman–Crippen MR) is 125 cm³/mol. The number of benzene rings is 1. The van der Waals surface area contributed by atoms with E-state index in [0.29, 0.717) is 50.7 Å². The quantitative estimate of drug-likeness (QED) is 0.637. The van der Waals surface area contributed by atoms with Gasteiger partial charge in [0.1, 0.15) is 4.90 Å². The first kappa shape index (κ1) is 24.1. The van der Waals surface area contributed by atoms with Crippen molar-refractivity contribution in [3.63, 3.8) is 0 Å². The molecule has 3 heterocycles. The molecule has 2 fully saturated rings. The van der Waals surface area contributed by atoms with Gasteiger partial charge in [0.25, 0.3) is 0 Å². The number of hydrogen-bond acceptors (Lipinski definition) is 6. The highest BCUT2D eigenvalue weighted by atomic mass is 35.5. The molecule has 1 aromatic heterocycles. The van der Waals surface area contributed by atoms with Crippen LogP contribution in [0.4, 0.5) is 0 Å². The summed E-state index contributed by atoms with van der Waals surface area (Å²) in [6.45, 7) is 3.92. The van der Waals surface area contributed by atoms with Crippen LogP contribution in [0.2, 0.25) is 5.02 Å². The summed E-state index contributed by atoms with van der Waals surface area (Å²) in [5.41, 5.74) is 0.985. The molecule has 2 aliphatic heterocycles. The highest BCUT2D eigenvalue weighted by molar-refractivity contribution is 7.89. The van der Waals surface area contributed by atoms with Gasteiger partial charge in [-0.3, -0.25) is 14.7 Å². The summed E-state index contributed by atoms with van der Waals surface area (Å²) in [6, 6.07) is 10.8. The van der Waals surface area contributed by atoms with Gasteiger partial charge < -0.3 is 10.1 Å². The number of piperidine rings is 1. The average Bonchev–Trinajstić information content (AvgIpc) is 2.86. The van der Waals surface area contributed by atoms with E-state index < -0.39 is 10.0 Å². The van der Waals surface area contributed by atoms with E-state index in [4.69, 9.17) is 16.3 Å². The van der Waals surface area contributed by atoms with Crippen LogP contribution in [0.1, 0.15) is 24.4 Å². The van der Waals surface area contributed by atoms with E-state index in [1.165, 1.54) is 10.5 Å². The Kier molecular flexibility index (Phi) is 7.98. The smallest absolute Gasteiger partial charge is 0.244 e. The molecule has 1 aromatic carbocycles. The Bertz CT molecular complexity index is 1040. The number of rotatable bonds is 7. The van der Waals surface area contributed by atoms with Gasteiger partial charge in [0.15, 0.2) is 0 Å². The fraction of sp³-hybridized carbons (Fsp3) is 0.478. The van der Waals surface area contributed by atoms with Crippen LogP contribution in [0.5, 0.6) is 0 Å². The van der Waals surface area contributed by atoms with Gasteiger partial charge in [-0.25, -0.2) is 8.42 Å². The van der Waals surface area contributed by atoms with Gasteiger partial charge in [0.2, 0.25) is 15.9 Å². The van der Waals surface area contributed by atoms with Crippen molar-refractivity contribution < 1.29 is 17.9 Å². The Labute approximate surface area is 199 Å². The third-order valence-electron chi connectivity index (χ3n) is 6.32. The van der Waals surface area contributed by atoms with Gasteiger partial charge in [0.05, 0.1) is 19.3 Å². The van der Waals surface area contributed by atoms with E-state index >= 15 is 0 Å². The molecule has 4 rings (SSSR count). The fourth-order valence-electron chi connectivity index (χ4n) is 4.42. The summed E-state index contributed by atoms with van der Waals surface area (Å²) in [4.78, 5) is 19.3. The molecule has 2 aromatic rings. The molecular weight excluding hydrogens is 464 g/mol. The van der Waals surface area contributed by atoms with Crippen molar-refractivity contribution >= 4 is 27.5 Å². The van der Waals surface area contributed by atoms with Crippen molar-refractivity contribution in [2.24, 2.45) is 5.92 Å². The average molecular weight is 493 g/mol. The number of nitrogens with zero attached hydrogens (tertiary/aromatic N) is 3. The lowest BCUT2D eigenvalue weighted by Crippen LogP contribution is -2.46. The standard InChI is InChI=1S/C23H29ClN4O4S/c24-21-6-2-1-5-20(21)22(27-12-14-32-15-13-27)17-26-23(29)18-7-10-28(11-8-18)33(30,31)19-4-3-9-25-16-19/h1-6,9,16,18,22H,7-8,10-15,17H2,(H,26,29). The van der Waals surface area contributed by atoms with Gasteiger partial charge in [-0.1, -0.05) is 29.8 Å². The normalized spacial score (nSPS) is 19.8. The first-order valence-corrected chi connectivity index (χ1v) is 13.0. The molecule has 33 heavy (non-hydrogen) atoms. The number of nitrogens with one attached hydrogen (secondary N) is 1. The van der Waals surface area contributed by atoms with Crippen molar-refractivity contribution in [2.75, 3.05) is 45.9 Å². The minimum Gasteiger partial charge on any atom is -0.379 e. The second-order valence-electron chi connectivity index (χ2n) is 8.30. The lowest BCUT2D eigenvalue weighted by molar-refractivity contribution is -0.126. The monoisotopic (exact) mass is 492 g/mol. The van der Waals surface area contributed by atoms with Crippen LogP contribution in [0.25, 0.3) is 0 Å². The van der Waals surface area contributed by atoms with Gasteiger partial charge in [-0.05, 0) is 36.6 Å². The van der Waals surface area contributed by atoms with Crippen LogP contribution in [-0.2, 0) is 19.6 Å². The summed E-state index contributed by atoms with van der Waals surface area (Å²) >= 11 is 6.47. The summed E-state index contributed by atoms with van der Waals surface area (Å²) in [5.74, 6) is -0.263. The number of halogens is 1. The summed E-state index contributed by atoms with van der Waals surface area (Å²) in [5, 5.41) is 3.78. The third-order valence-corrected chi connectivity index (χ3v) is 8.54. The maximum atomic E-state index is 13.0. The van der Waals surface area contributed by atoms with E-state index in [1.54, 1.807) is 18.3 Å². The number of aromatic nitrogens is 1. The molecule has 0 radical (unpaired) electrons. The molecule has 1 N–H and O–H groups in total. The number of amides is 1. The molecule has 2 saturated heterocycles. The van der Waals surface area contributed by atoms with Crippen molar-refractivity contribution in [1.82, 2.24) is 19.5 Å². The van der Waals surface area contributed by atoms with Crippen LogP contribution in [0, 0.1) is 5.92 Å². The van der Waals surface area contributed by atoms with Crippen molar-refractivity contribution in [1.29, 1.82) is 0 Å². The summed E-state index contributed by atoms with van der Waals surface area (Å²) < 4.78 is 32.5. The van der Waals surface area contributed by atoms with Gasteiger partial charge in [-0.15, -0.1) is 0 Å². The van der Waals surface area contributed by atoms with Gasteiger partial charge in [0, 0.05) is 56.1 Å². The minimum atomic E-state index is -3.59. The highest BCUT2D eigenvalue weighted by Crippen LogP contribution is 2.28. The molecular formula is C23H29ClN4O4S. The Morgan fingerprint density at radius 3 is 2.52 bits per heavy atom. The summed E-state index contributed by atoms with van der Waals surface area (Å²) in [6.07, 6.45) is 3.87. The third kappa shape index (κ3) is 5.73. The number of sulfonamides is 1. The van der Waals surface area contributed by atoms with Crippen LogP contribution < -0.4 is 5.32 Å². The van der Waals surface area contributed by atoms with E-state index in [1.807, 2.05) is 24.3 Å². The molecule has 10 heteroatoms. The Morgan fingerprint density at radius 2 is 1.85 bits per heavy atom.